The molecule has 7 rings (SSSR count). The maximum Gasteiger partial charge on any atom is 0.339 e. The zero-order valence-electron chi connectivity index (χ0n) is 27.8. The van der Waals surface area contributed by atoms with Crippen molar-refractivity contribution in [3.8, 4) is 54.8 Å². The number of ether oxygens (including phenoxy) is 1. The van der Waals surface area contributed by atoms with E-state index in [9.17, 15) is 19.5 Å². The molecule has 0 radical (unpaired) electrons. The third-order valence-corrected chi connectivity index (χ3v) is 12.8. The predicted octanol–water partition coefficient (Wildman–Crippen LogP) is 13.7. The number of nitrogens with zero attached hydrogens (tertiary/aromatic N) is 2. The third kappa shape index (κ3) is 8.80. The number of hydrogen-bond donors (Lipinski definition) is 1. The van der Waals surface area contributed by atoms with Crippen LogP contribution in [-0.4, -0.2) is 39.9 Å². The Hall–Kier alpha value is -3.91. The van der Waals surface area contributed by atoms with Crippen molar-refractivity contribution >= 4 is 114 Å². The molecule has 7 nitrogen and oxygen atoms in total. The molecule has 0 aliphatic heterocycles. The summed E-state index contributed by atoms with van der Waals surface area (Å²) in [6.07, 6.45) is 0. The number of hydrogen-bond acceptors (Lipinski definition) is 9. The molecule has 0 spiro atoms. The van der Waals surface area contributed by atoms with E-state index in [2.05, 4.69) is 25.9 Å². The summed E-state index contributed by atoms with van der Waals surface area (Å²) < 4.78 is 5.47. The predicted molar refractivity (Wildman–Crippen MR) is 225 cm³/mol. The lowest BCUT2D eigenvalue weighted by atomic mass is 9.97. The van der Waals surface area contributed by atoms with Crippen LogP contribution in [0.4, 0.5) is 0 Å². The smallest absolute Gasteiger partial charge is 0.339 e. The van der Waals surface area contributed by atoms with Crippen molar-refractivity contribution in [1.29, 1.82) is 0 Å². The van der Waals surface area contributed by atoms with Gasteiger partial charge in [0.2, 0.25) is 0 Å². The van der Waals surface area contributed by atoms with E-state index in [0.29, 0.717) is 56.7 Å². The molecule has 0 atom stereocenters. The molecule has 15 heteroatoms. The van der Waals surface area contributed by atoms with Crippen molar-refractivity contribution in [2.24, 2.45) is 0 Å². The fraction of sp³-hybridized carbons (Fsp3) is 0.0513. The van der Waals surface area contributed by atoms with Gasteiger partial charge in [0.05, 0.1) is 54.6 Å². The number of carbonyl (C=O) groups excluding carboxylic acids is 2. The highest BCUT2D eigenvalue weighted by Gasteiger charge is 2.20. The molecular weight excluding hydrogens is 894 g/mol. The molecule has 1 N–H and O–H groups in total. The van der Waals surface area contributed by atoms with Gasteiger partial charge in [-0.1, -0.05) is 76.7 Å². The van der Waals surface area contributed by atoms with Crippen molar-refractivity contribution in [2.75, 3.05) is 7.11 Å². The number of thiazole rings is 2. The first kappa shape index (κ1) is 39.8. The summed E-state index contributed by atoms with van der Waals surface area (Å²) in [4.78, 5) is 45.5. The number of thiophene rings is 1. The lowest BCUT2D eigenvalue weighted by molar-refractivity contribution is 0.0598. The molecule has 0 saturated heterocycles. The number of methoxy groups -OCH3 is 1. The first-order valence-electron chi connectivity index (χ1n) is 15.5. The van der Waals surface area contributed by atoms with Crippen LogP contribution in [0.1, 0.15) is 37.3 Å². The molecule has 7 aromatic rings. The van der Waals surface area contributed by atoms with Crippen LogP contribution in [0.2, 0.25) is 20.1 Å². The number of carboxylic acid groups (broad SMARTS) is 1. The Morgan fingerprint density at radius 1 is 0.648 bits per heavy atom. The van der Waals surface area contributed by atoms with Crippen LogP contribution in [0.25, 0.3) is 54.8 Å². The molecular formula is C39H23BrCl4N2O5S3. The van der Waals surface area contributed by atoms with E-state index in [4.69, 9.17) is 51.1 Å². The molecule has 0 aliphatic rings. The van der Waals surface area contributed by atoms with Gasteiger partial charge in [-0.2, -0.15) is 0 Å². The van der Waals surface area contributed by atoms with Gasteiger partial charge in [0.15, 0.2) is 5.78 Å². The molecule has 4 aromatic carbocycles. The van der Waals surface area contributed by atoms with Crippen molar-refractivity contribution in [3.05, 3.63) is 136 Å². The molecule has 0 amide bonds. The SMILES string of the molecule is CC(=O)c1sccc1-c1ccc(-c2nc(-c3ccc(Cl)c(Cl)c3)cs2)cc1C(=O)O.COC(=O)c1cc(-c2nc(-c3ccc(Cl)c(Cl)c3)cs2)ccc1Br. The van der Waals surface area contributed by atoms with Gasteiger partial charge in [-0.15, -0.1) is 34.0 Å². The van der Waals surface area contributed by atoms with E-state index in [0.717, 1.165) is 33.1 Å². The minimum atomic E-state index is -1.06. The largest absolute Gasteiger partial charge is 0.478 e. The Kier molecular flexibility index (Phi) is 12.7. The number of aromatic carboxylic acids is 1. The highest BCUT2D eigenvalue weighted by molar-refractivity contribution is 9.10. The summed E-state index contributed by atoms with van der Waals surface area (Å²) >= 11 is 31.6. The van der Waals surface area contributed by atoms with E-state index >= 15 is 0 Å². The van der Waals surface area contributed by atoms with Crippen LogP contribution in [-0.2, 0) is 4.74 Å². The minimum Gasteiger partial charge on any atom is -0.478 e. The number of aromatic nitrogens is 2. The maximum atomic E-state index is 12.0. The molecule has 0 saturated carbocycles. The van der Waals surface area contributed by atoms with Crippen LogP contribution in [0.15, 0.2) is 99.5 Å². The average molecular weight is 918 g/mol. The molecule has 3 aromatic heterocycles. The number of rotatable bonds is 8. The summed E-state index contributed by atoms with van der Waals surface area (Å²) in [5.74, 6) is -1.55. The summed E-state index contributed by atoms with van der Waals surface area (Å²) in [6, 6.07) is 23.1. The molecule has 0 bridgehead atoms. The zero-order valence-corrected chi connectivity index (χ0v) is 34.9. The maximum absolute atomic E-state index is 12.0. The van der Waals surface area contributed by atoms with E-state index in [1.165, 1.54) is 48.0 Å². The highest BCUT2D eigenvalue weighted by atomic mass is 79.9. The van der Waals surface area contributed by atoms with Gasteiger partial charge in [0, 0.05) is 43.1 Å². The normalized spacial score (nSPS) is 10.8. The van der Waals surface area contributed by atoms with Gasteiger partial charge in [-0.3, -0.25) is 4.79 Å². The Balaban J connectivity index is 0.000000189. The van der Waals surface area contributed by atoms with Crippen molar-refractivity contribution < 1.29 is 24.2 Å². The van der Waals surface area contributed by atoms with Crippen molar-refractivity contribution in [2.45, 2.75) is 6.92 Å². The van der Waals surface area contributed by atoms with Crippen LogP contribution in [0.3, 0.4) is 0 Å². The van der Waals surface area contributed by atoms with Crippen molar-refractivity contribution in [3.63, 3.8) is 0 Å². The Morgan fingerprint density at radius 3 is 1.67 bits per heavy atom. The van der Waals surface area contributed by atoms with Crippen molar-refractivity contribution in [1.82, 2.24) is 9.97 Å². The molecule has 3 heterocycles. The summed E-state index contributed by atoms with van der Waals surface area (Å²) in [7, 11) is 1.35. The topological polar surface area (TPSA) is 106 Å². The van der Waals surface area contributed by atoms with E-state index < -0.39 is 11.9 Å². The number of halogens is 5. The van der Waals surface area contributed by atoms with Crippen LogP contribution >= 0.6 is 96.3 Å². The Morgan fingerprint density at radius 2 is 1.17 bits per heavy atom. The standard InChI is InChI=1S/C22H13Cl2NO3S2.C17H10BrCl2NO2S/c1-11(26)20-15(6-7-29-20)14-4-2-13(8-16(14)22(27)28)21-25-19(10-30-21)12-3-5-17(23)18(24)9-12;1-23-17(22)11-6-10(2-4-12(11)18)16-21-15(8-24-16)9-3-5-13(19)14(20)7-9/h2-10H,1H3,(H,27,28);2-8H,1H3. The van der Waals surface area contributed by atoms with E-state index in [1.807, 2.05) is 41.1 Å². The lowest BCUT2D eigenvalue weighted by Crippen LogP contribution is -2.02. The summed E-state index contributed by atoms with van der Waals surface area (Å²) in [6.45, 7) is 1.48. The monoisotopic (exact) mass is 914 g/mol. The first-order chi connectivity index (χ1) is 25.8. The fourth-order valence-corrected chi connectivity index (χ4v) is 8.66. The zero-order chi connectivity index (χ0) is 38.7. The number of carbonyl (C=O) groups is 3. The summed E-state index contributed by atoms with van der Waals surface area (Å²) in [5, 5.41) is 18.8. The van der Waals surface area contributed by atoms with Gasteiger partial charge in [-0.05, 0) is 82.3 Å². The molecule has 54 heavy (non-hydrogen) atoms. The Bertz CT molecular complexity index is 2570. The number of carboxylic acids is 1. The average Bonchev–Trinajstić information content (AvgIpc) is 3.96. The van der Waals surface area contributed by atoms with Gasteiger partial charge >= 0.3 is 11.9 Å². The lowest BCUT2D eigenvalue weighted by Gasteiger charge is -2.08. The quantitative estimate of drug-likeness (QED) is 0.119. The summed E-state index contributed by atoms with van der Waals surface area (Å²) in [5.41, 5.74) is 6.50. The second-order valence-corrected chi connectivity index (χ2v) is 16.4. The van der Waals surface area contributed by atoms with Crippen LogP contribution in [0, 0.1) is 0 Å². The van der Waals surface area contributed by atoms with E-state index in [-0.39, 0.29) is 11.3 Å². The van der Waals surface area contributed by atoms with Gasteiger partial charge in [0.1, 0.15) is 10.0 Å². The van der Waals surface area contributed by atoms with E-state index in [1.54, 1.807) is 53.9 Å². The number of esters is 1. The molecule has 0 unspecified atom stereocenters. The molecule has 272 valence electrons. The molecule has 0 fully saturated rings. The minimum absolute atomic E-state index is 0.0911. The number of benzene rings is 4. The number of ketones is 1. The molecule has 0 aliphatic carbocycles. The Labute approximate surface area is 349 Å². The van der Waals surface area contributed by atoms with Crippen LogP contribution in [0.5, 0.6) is 0 Å². The first-order valence-corrected chi connectivity index (χ1v) is 20.5. The van der Waals surface area contributed by atoms with Crippen LogP contribution < -0.4 is 0 Å². The third-order valence-electron chi connectivity index (χ3n) is 7.83. The number of Topliss-reactive ketones (excluding diaryl/α,β-unsaturated/α-hetero) is 1. The van der Waals surface area contributed by atoms with Gasteiger partial charge in [0.25, 0.3) is 0 Å². The second kappa shape index (κ2) is 17.3. The fourth-order valence-electron chi connectivity index (χ4n) is 5.20. The second-order valence-electron chi connectivity index (χ2n) is 11.3. The highest BCUT2D eigenvalue weighted by Crippen LogP contribution is 2.37. The van der Waals surface area contributed by atoms with Gasteiger partial charge < -0.3 is 9.84 Å². The van der Waals surface area contributed by atoms with Gasteiger partial charge in [-0.25, -0.2) is 19.6 Å².